The van der Waals surface area contributed by atoms with Gasteiger partial charge in [-0.1, -0.05) is 20.8 Å². The molecule has 2 aromatic heterocycles. The van der Waals surface area contributed by atoms with Gasteiger partial charge in [0, 0.05) is 9.89 Å². The van der Waals surface area contributed by atoms with E-state index in [0.29, 0.717) is 10.6 Å². The van der Waals surface area contributed by atoms with Gasteiger partial charge in [0.1, 0.15) is 10.7 Å². The van der Waals surface area contributed by atoms with E-state index in [2.05, 4.69) is 31.2 Å². The summed E-state index contributed by atoms with van der Waals surface area (Å²) in [6, 6.07) is 1.85. The summed E-state index contributed by atoms with van der Waals surface area (Å²) in [4.78, 5) is 21.2. The van der Waals surface area contributed by atoms with Gasteiger partial charge in [0.05, 0.1) is 18.1 Å². The number of halogens is 1. The molecule has 2 heterocycles. The molecule has 2 rings (SSSR count). The highest BCUT2D eigenvalue weighted by Crippen LogP contribution is 2.24. The average molecular weight is 340 g/mol. The Morgan fingerprint density at radius 1 is 1.32 bits per heavy atom. The summed E-state index contributed by atoms with van der Waals surface area (Å²) in [5.41, 5.74) is 0.498. The zero-order chi connectivity index (χ0) is 14.0. The van der Waals surface area contributed by atoms with Gasteiger partial charge in [-0.05, 0) is 27.4 Å². The number of nitrogens with zero attached hydrogens (tertiary/aromatic N) is 2. The molecule has 0 aliphatic carbocycles. The van der Waals surface area contributed by atoms with Crippen LogP contribution in [-0.2, 0) is 5.41 Å². The lowest BCUT2D eigenvalue weighted by Gasteiger charge is -2.16. The Balaban J connectivity index is 2.12. The molecule has 0 atom stereocenters. The topological polar surface area (TPSA) is 54.9 Å². The van der Waals surface area contributed by atoms with Crippen molar-refractivity contribution in [1.29, 1.82) is 0 Å². The Bertz CT molecular complexity index is 587. The molecule has 0 saturated carbocycles. The molecule has 0 spiro atoms. The Morgan fingerprint density at radius 2 is 1.95 bits per heavy atom. The summed E-state index contributed by atoms with van der Waals surface area (Å²) in [5.74, 6) is 0.594. The van der Waals surface area contributed by atoms with Gasteiger partial charge in [0.25, 0.3) is 5.91 Å². The molecular weight excluding hydrogens is 326 g/mol. The molecule has 0 saturated heterocycles. The van der Waals surface area contributed by atoms with Crippen molar-refractivity contribution in [3.8, 4) is 0 Å². The molecule has 0 aliphatic rings. The van der Waals surface area contributed by atoms with E-state index in [1.54, 1.807) is 12.4 Å². The van der Waals surface area contributed by atoms with Crippen LogP contribution in [0.4, 0.5) is 5.69 Å². The maximum atomic E-state index is 12.0. The van der Waals surface area contributed by atoms with E-state index in [1.807, 2.05) is 32.2 Å². The number of carbonyl (C=O) groups is 1. The quantitative estimate of drug-likeness (QED) is 0.903. The average Bonchev–Trinajstić information content (AvgIpc) is 2.75. The summed E-state index contributed by atoms with van der Waals surface area (Å²) in [7, 11) is 0. The Hall–Kier alpha value is -1.27. The largest absolute Gasteiger partial charge is 0.319 e. The highest BCUT2D eigenvalue weighted by Gasteiger charge is 2.17. The summed E-state index contributed by atoms with van der Waals surface area (Å²) in [6.45, 7) is 6.13. The van der Waals surface area contributed by atoms with Crippen molar-refractivity contribution in [2.24, 2.45) is 0 Å². The zero-order valence-corrected chi connectivity index (χ0v) is 13.3. The van der Waals surface area contributed by atoms with Crippen LogP contribution in [0.15, 0.2) is 28.3 Å². The second kappa shape index (κ2) is 5.38. The number of nitrogens with one attached hydrogen (secondary N) is 1. The summed E-state index contributed by atoms with van der Waals surface area (Å²) >= 11 is 4.72. The van der Waals surface area contributed by atoms with E-state index in [-0.39, 0.29) is 11.3 Å². The smallest absolute Gasteiger partial charge is 0.266 e. The van der Waals surface area contributed by atoms with Gasteiger partial charge < -0.3 is 5.32 Å². The van der Waals surface area contributed by atoms with Crippen LogP contribution < -0.4 is 5.32 Å². The van der Waals surface area contributed by atoms with Crippen molar-refractivity contribution < 1.29 is 4.79 Å². The van der Waals surface area contributed by atoms with E-state index in [0.717, 1.165) is 10.3 Å². The van der Waals surface area contributed by atoms with Crippen molar-refractivity contribution in [3.63, 3.8) is 0 Å². The Labute approximate surface area is 124 Å². The summed E-state index contributed by atoms with van der Waals surface area (Å²) in [6.07, 6.45) is 3.26. The third kappa shape index (κ3) is 3.39. The molecule has 100 valence electrons. The van der Waals surface area contributed by atoms with Crippen LogP contribution in [0.2, 0.25) is 0 Å². The minimum Gasteiger partial charge on any atom is -0.319 e. The molecule has 2 aromatic rings. The van der Waals surface area contributed by atoms with E-state index >= 15 is 0 Å². The first-order valence-corrected chi connectivity index (χ1v) is 7.42. The fourth-order valence-corrected chi connectivity index (χ4v) is 2.87. The minimum atomic E-state index is -0.158. The van der Waals surface area contributed by atoms with Gasteiger partial charge in [0.15, 0.2) is 0 Å². The molecule has 0 fully saturated rings. The first-order valence-electron chi connectivity index (χ1n) is 5.75. The normalized spacial score (nSPS) is 11.4. The fraction of sp³-hybridized carbons (Fsp3) is 0.308. The predicted molar refractivity (Wildman–Crippen MR) is 80.7 cm³/mol. The maximum Gasteiger partial charge on any atom is 0.266 e. The van der Waals surface area contributed by atoms with Crippen molar-refractivity contribution in [2.45, 2.75) is 26.2 Å². The van der Waals surface area contributed by atoms with Gasteiger partial charge in [-0.25, -0.2) is 9.97 Å². The van der Waals surface area contributed by atoms with E-state index in [9.17, 15) is 4.79 Å². The standard InChI is InChI=1S/C13H14BrN3OS/c1-13(2,3)12-15-6-8(7-16-12)17-11(18)10-9(14)4-5-19-10/h4-7H,1-3H3,(H,17,18). The first-order chi connectivity index (χ1) is 8.88. The highest BCUT2D eigenvalue weighted by molar-refractivity contribution is 9.10. The molecule has 0 unspecified atom stereocenters. The molecule has 0 radical (unpaired) electrons. The number of carbonyl (C=O) groups excluding carboxylic acids is 1. The molecule has 4 nitrogen and oxygen atoms in total. The van der Waals surface area contributed by atoms with E-state index in [1.165, 1.54) is 11.3 Å². The van der Waals surface area contributed by atoms with Crippen LogP contribution in [0.3, 0.4) is 0 Å². The lowest BCUT2D eigenvalue weighted by atomic mass is 9.96. The third-order valence-electron chi connectivity index (χ3n) is 2.40. The number of amides is 1. The van der Waals surface area contributed by atoms with Crippen molar-refractivity contribution >= 4 is 38.9 Å². The Kier molecular flexibility index (Phi) is 4.01. The SMILES string of the molecule is CC(C)(C)c1ncc(NC(=O)c2sccc2Br)cn1. The van der Waals surface area contributed by atoms with Gasteiger partial charge in [-0.2, -0.15) is 0 Å². The first kappa shape index (κ1) is 14.1. The van der Waals surface area contributed by atoms with Crippen LogP contribution in [0.5, 0.6) is 0 Å². The molecule has 0 bridgehead atoms. The van der Waals surface area contributed by atoms with Gasteiger partial charge >= 0.3 is 0 Å². The number of anilines is 1. The van der Waals surface area contributed by atoms with E-state index in [4.69, 9.17) is 0 Å². The predicted octanol–water partition coefficient (Wildman–Crippen LogP) is 3.85. The molecule has 6 heteroatoms. The molecule has 0 aliphatic heterocycles. The van der Waals surface area contributed by atoms with Crippen LogP contribution in [0.25, 0.3) is 0 Å². The van der Waals surface area contributed by atoms with Crippen LogP contribution in [0, 0.1) is 0 Å². The van der Waals surface area contributed by atoms with E-state index < -0.39 is 0 Å². The van der Waals surface area contributed by atoms with Crippen LogP contribution >= 0.6 is 27.3 Å². The lowest BCUT2D eigenvalue weighted by molar-refractivity contribution is 0.103. The van der Waals surface area contributed by atoms with Crippen molar-refractivity contribution in [1.82, 2.24) is 9.97 Å². The number of hydrogen-bond acceptors (Lipinski definition) is 4. The van der Waals surface area contributed by atoms with Crippen LogP contribution in [0.1, 0.15) is 36.3 Å². The fourth-order valence-electron chi connectivity index (χ4n) is 1.42. The molecule has 0 aromatic carbocycles. The van der Waals surface area contributed by atoms with Gasteiger partial charge in [-0.15, -0.1) is 11.3 Å². The van der Waals surface area contributed by atoms with Crippen molar-refractivity contribution in [3.05, 3.63) is 39.0 Å². The third-order valence-corrected chi connectivity index (χ3v) is 4.24. The Morgan fingerprint density at radius 3 is 2.42 bits per heavy atom. The lowest BCUT2D eigenvalue weighted by Crippen LogP contribution is -2.17. The second-order valence-corrected chi connectivity index (χ2v) is 6.87. The van der Waals surface area contributed by atoms with Gasteiger partial charge in [-0.3, -0.25) is 4.79 Å². The molecular formula is C13H14BrN3OS. The number of aromatic nitrogens is 2. The monoisotopic (exact) mass is 339 g/mol. The zero-order valence-electron chi connectivity index (χ0n) is 10.9. The van der Waals surface area contributed by atoms with Gasteiger partial charge in [0.2, 0.25) is 0 Å². The summed E-state index contributed by atoms with van der Waals surface area (Å²) < 4.78 is 0.794. The number of rotatable bonds is 2. The molecule has 19 heavy (non-hydrogen) atoms. The minimum absolute atomic E-state index is 0.0979. The second-order valence-electron chi connectivity index (χ2n) is 5.10. The van der Waals surface area contributed by atoms with Crippen molar-refractivity contribution in [2.75, 3.05) is 5.32 Å². The highest BCUT2D eigenvalue weighted by atomic mass is 79.9. The van der Waals surface area contributed by atoms with Crippen LogP contribution in [-0.4, -0.2) is 15.9 Å². The summed E-state index contributed by atoms with van der Waals surface area (Å²) in [5, 5.41) is 4.64. The molecule has 1 amide bonds. The number of thiophene rings is 1. The number of hydrogen-bond donors (Lipinski definition) is 1. The molecule has 1 N–H and O–H groups in total. The maximum absolute atomic E-state index is 12.0.